The molecule has 134 valence electrons. The molecule has 3 rings (SSSR count). The summed E-state index contributed by atoms with van der Waals surface area (Å²) < 4.78 is 1.52. The van der Waals surface area contributed by atoms with E-state index in [-0.39, 0.29) is 11.3 Å². The van der Waals surface area contributed by atoms with E-state index in [1.807, 2.05) is 13.0 Å². The first-order valence-corrected chi connectivity index (χ1v) is 8.91. The molecule has 1 amide bonds. The number of rotatable bonds is 5. The molecule has 5 N–H and O–H groups in total. The molecule has 0 spiro atoms. The third-order valence-corrected chi connectivity index (χ3v) is 4.86. The number of pyridine rings is 1. The average Bonchev–Trinajstić information content (AvgIpc) is 2.63. The molecule has 1 fully saturated rings. The van der Waals surface area contributed by atoms with E-state index in [9.17, 15) is 14.7 Å². The number of aromatic nitrogens is 1. The molecule has 0 atom stereocenters. The lowest BCUT2D eigenvalue weighted by Crippen LogP contribution is -3.20. The average molecular weight is 346 g/mol. The maximum atomic E-state index is 12.7. The third kappa shape index (κ3) is 3.52. The Morgan fingerprint density at radius 1 is 1.32 bits per heavy atom. The van der Waals surface area contributed by atoms with E-state index in [0.29, 0.717) is 24.0 Å². The number of fused-ring (bicyclic) bond motifs is 1. The molecule has 1 aromatic carbocycles. The summed E-state index contributed by atoms with van der Waals surface area (Å²) in [5, 5.41) is 16.1. The second-order valence-electron chi connectivity index (χ2n) is 6.41. The lowest BCUT2D eigenvalue weighted by atomic mass is 10.1. The Hall–Kier alpha value is -2.38. The fourth-order valence-electron chi connectivity index (χ4n) is 3.48. The second kappa shape index (κ2) is 7.67. The Morgan fingerprint density at radius 2 is 2.04 bits per heavy atom. The van der Waals surface area contributed by atoms with Crippen LogP contribution in [0.2, 0.25) is 0 Å². The van der Waals surface area contributed by atoms with Crippen molar-refractivity contribution in [1.82, 2.24) is 9.88 Å². The molecule has 2 heterocycles. The van der Waals surface area contributed by atoms with Gasteiger partial charge >= 0.3 is 0 Å². The van der Waals surface area contributed by atoms with E-state index in [0.717, 1.165) is 32.7 Å². The third-order valence-electron chi connectivity index (χ3n) is 4.86. The van der Waals surface area contributed by atoms with Crippen LogP contribution in [0.1, 0.15) is 17.3 Å². The van der Waals surface area contributed by atoms with Crippen LogP contribution in [-0.4, -0.2) is 54.8 Å². The number of aromatic hydroxyl groups is 1. The summed E-state index contributed by atoms with van der Waals surface area (Å²) >= 11 is 0. The van der Waals surface area contributed by atoms with Crippen molar-refractivity contribution in [3.05, 3.63) is 40.2 Å². The van der Waals surface area contributed by atoms with Crippen molar-refractivity contribution in [3.63, 3.8) is 0 Å². The van der Waals surface area contributed by atoms with Crippen molar-refractivity contribution in [2.45, 2.75) is 13.5 Å². The molecule has 1 saturated heterocycles. The SMILES string of the molecule is CCn1c(=O)c(C(=O)NCC[NH+]2CC[NH2+]CC2)c(O)c2ccccc21. The molecule has 1 aromatic heterocycles. The number of amides is 1. The van der Waals surface area contributed by atoms with Gasteiger partial charge in [0.25, 0.3) is 11.5 Å². The van der Waals surface area contributed by atoms with Gasteiger partial charge in [0.05, 0.1) is 18.6 Å². The van der Waals surface area contributed by atoms with Gasteiger partial charge in [-0.2, -0.15) is 0 Å². The maximum absolute atomic E-state index is 12.7. The lowest BCUT2D eigenvalue weighted by Gasteiger charge is -2.22. The van der Waals surface area contributed by atoms with Crippen LogP contribution in [-0.2, 0) is 6.54 Å². The summed E-state index contributed by atoms with van der Waals surface area (Å²) in [6.07, 6.45) is 0. The number of benzene rings is 1. The summed E-state index contributed by atoms with van der Waals surface area (Å²) in [4.78, 5) is 26.7. The first-order chi connectivity index (χ1) is 12.1. The van der Waals surface area contributed by atoms with Gasteiger partial charge in [0.2, 0.25) is 0 Å². The summed E-state index contributed by atoms with van der Waals surface area (Å²) in [6.45, 7) is 7.99. The highest BCUT2D eigenvalue weighted by Crippen LogP contribution is 2.25. The number of aryl methyl sites for hydroxylation is 1. The van der Waals surface area contributed by atoms with Gasteiger partial charge in [0, 0.05) is 11.9 Å². The number of carbonyl (C=O) groups excluding carboxylic acids is 1. The van der Waals surface area contributed by atoms with E-state index in [1.54, 1.807) is 18.2 Å². The second-order valence-corrected chi connectivity index (χ2v) is 6.41. The number of hydrogen-bond donors (Lipinski definition) is 4. The number of carbonyl (C=O) groups is 1. The quantitative estimate of drug-likeness (QED) is 0.501. The monoisotopic (exact) mass is 346 g/mol. The van der Waals surface area contributed by atoms with Crippen molar-refractivity contribution in [2.75, 3.05) is 39.3 Å². The van der Waals surface area contributed by atoms with Gasteiger partial charge in [-0.25, -0.2) is 0 Å². The molecule has 2 aromatic rings. The first-order valence-electron chi connectivity index (χ1n) is 8.91. The Kier molecular flexibility index (Phi) is 5.35. The van der Waals surface area contributed by atoms with Gasteiger partial charge in [-0.1, -0.05) is 12.1 Å². The van der Waals surface area contributed by atoms with Crippen LogP contribution in [0.15, 0.2) is 29.1 Å². The topological polar surface area (TPSA) is 92.4 Å². The van der Waals surface area contributed by atoms with Crippen LogP contribution in [0, 0.1) is 0 Å². The van der Waals surface area contributed by atoms with Crippen LogP contribution >= 0.6 is 0 Å². The van der Waals surface area contributed by atoms with E-state index in [4.69, 9.17) is 0 Å². The van der Waals surface area contributed by atoms with E-state index in [2.05, 4.69) is 10.6 Å². The largest absolute Gasteiger partial charge is 0.506 e. The highest BCUT2D eigenvalue weighted by Gasteiger charge is 2.22. The van der Waals surface area contributed by atoms with Crippen molar-refractivity contribution in [1.29, 1.82) is 0 Å². The Labute approximate surface area is 146 Å². The number of para-hydroxylation sites is 1. The Balaban J connectivity index is 1.82. The van der Waals surface area contributed by atoms with Crippen LogP contribution in [0.25, 0.3) is 10.9 Å². The summed E-state index contributed by atoms with van der Waals surface area (Å²) in [5.74, 6) is -0.735. The van der Waals surface area contributed by atoms with Crippen molar-refractivity contribution < 1.29 is 20.1 Å². The minimum absolute atomic E-state index is 0.164. The highest BCUT2D eigenvalue weighted by molar-refractivity contribution is 6.02. The number of nitrogens with two attached hydrogens (primary N) is 1. The maximum Gasteiger partial charge on any atom is 0.267 e. The minimum atomic E-state index is -0.501. The van der Waals surface area contributed by atoms with Crippen LogP contribution in [0.4, 0.5) is 0 Å². The zero-order valence-corrected chi connectivity index (χ0v) is 14.5. The predicted molar refractivity (Wildman–Crippen MR) is 95.1 cm³/mol. The number of quaternary nitrogens is 2. The predicted octanol–water partition coefficient (Wildman–Crippen LogP) is -2.08. The Morgan fingerprint density at radius 3 is 2.76 bits per heavy atom. The summed E-state index contributed by atoms with van der Waals surface area (Å²) in [6, 6.07) is 7.09. The highest BCUT2D eigenvalue weighted by atomic mass is 16.3. The molecular weight excluding hydrogens is 320 g/mol. The zero-order valence-electron chi connectivity index (χ0n) is 14.5. The van der Waals surface area contributed by atoms with Gasteiger partial charge in [-0.3, -0.25) is 9.59 Å². The van der Waals surface area contributed by atoms with E-state index < -0.39 is 11.5 Å². The zero-order chi connectivity index (χ0) is 17.8. The van der Waals surface area contributed by atoms with Crippen molar-refractivity contribution >= 4 is 16.8 Å². The van der Waals surface area contributed by atoms with Crippen LogP contribution in [0.3, 0.4) is 0 Å². The van der Waals surface area contributed by atoms with Gasteiger partial charge < -0.3 is 25.2 Å². The molecule has 0 unspecified atom stereocenters. The smallest absolute Gasteiger partial charge is 0.267 e. The Bertz CT molecular complexity index is 825. The molecule has 0 radical (unpaired) electrons. The molecular formula is C18H26N4O3+2. The molecule has 7 heteroatoms. The molecule has 25 heavy (non-hydrogen) atoms. The minimum Gasteiger partial charge on any atom is -0.506 e. The standard InChI is InChI=1S/C18H24N4O3/c1-2-22-14-6-4-3-5-13(14)16(23)15(18(22)25)17(24)20-9-12-21-10-7-19-8-11-21/h3-6,19,23H,2,7-12H2,1H3,(H,20,24)/p+2. The number of nitrogens with one attached hydrogen (secondary N) is 2. The molecule has 0 bridgehead atoms. The molecule has 1 aliphatic heterocycles. The molecule has 7 nitrogen and oxygen atoms in total. The van der Waals surface area contributed by atoms with Gasteiger partial charge in [-0.05, 0) is 19.1 Å². The van der Waals surface area contributed by atoms with E-state index >= 15 is 0 Å². The van der Waals surface area contributed by atoms with Gasteiger partial charge in [0.15, 0.2) is 0 Å². The van der Waals surface area contributed by atoms with Gasteiger partial charge in [0.1, 0.15) is 37.5 Å². The lowest BCUT2D eigenvalue weighted by molar-refractivity contribution is -0.945. The van der Waals surface area contributed by atoms with Crippen LogP contribution < -0.4 is 21.1 Å². The van der Waals surface area contributed by atoms with Crippen LogP contribution in [0.5, 0.6) is 5.75 Å². The normalized spacial score (nSPS) is 15.4. The first kappa shape index (κ1) is 17.4. The van der Waals surface area contributed by atoms with Gasteiger partial charge in [-0.15, -0.1) is 0 Å². The summed E-state index contributed by atoms with van der Waals surface area (Å²) in [7, 11) is 0. The molecule has 0 saturated carbocycles. The number of piperazine rings is 1. The number of hydrogen-bond acceptors (Lipinski definition) is 3. The van der Waals surface area contributed by atoms with Crippen molar-refractivity contribution in [2.24, 2.45) is 0 Å². The molecule has 0 aliphatic carbocycles. The fraction of sp³-hybridized carbons (Fsp3) is 0.444. The number of nitrogens with zero attached hydrogens (tertiary/aromatic N) is 1. The fourth-order valence-corrected chi connectivity index (χ4v) is 3.48. The van der Waals surface area contributed by atoms with Crippen molar-refractivity contribution in [3.8, 4) is 5.75 Å². The van der Waals surface area contributed by atoms with E-state index in [1.165, 1.54) is 9.47 Å². The molecule has 1 aliphatic rings. The summed E-state index contributed by atoms with van der Waals surface area (Å²) in [5.41, 5.74) is 0.0247.